The van der Waals surface area contributed by atoms with Crippen molar-refractivity contribution in [3.05, 3.63) is 0 Å². The summed E-state index contributed by atoms with van der Waals surface area (Å²) in [5.41, 5.74) is -2.88. The monoisotopic (exact) mass is 520 g/mol. The van der Waals surface area contributed by atoms with Gasteiger partial charge in [0.15, 0.2) is 17.7 Å². The van der Waals surface area contributed by atoms with Crippen LogP contribution >= 0.6 is 0 Å². The lowest BCUT2D eigenvalue weighted by molar-refractivity contribution is -0.230. The van der Waals surface area contributed by atoms with Crippen LogP contribution in [0, 0.1) is 10.8 Å². The maximum absolute atomic E-state index is 13.9. The molecule has 9 heteroatoms. The topological polar surface area (TPSA) is 110 Å². The van der Waals surface area contributed by atoms with Gasteiger partial charge in [-0.2, -0.15) is 0 Å². The van der Waals surface area contributed by atoms with E-state index < -0.39 is 70.6 Å². The molecule has 7 aliphatic rings. The molecule has 206 valence electrons. The fourth-order valence-electron chi connectivity index (χ4n) is 8.43. The molecule has 0 amide bonds. The summed E-state index contributed by atoms with van der Waals surface area (Å²) in [6, 6.07) is 0. The van der Waals surface area contributed by atoms with Crippen molar-refractivity contribution in [2.45, 2.75) is 152 Å². The van der Waals surface area contributed by atoms with Crippen LogP contribution in [-0.4, -0.2) is 70.8 Å². The third-order valence-electron chi connectivity index (χ3n) is 11.3. The molecule has 8 atom stereocenters. The van der Waals surface area contributed by atoms with Crippen LogP contribution in [0.2, 0.25) is 0 Å². The standard InChI is InChI=1S/C28H40O9/c1-24(2)25(3)14-15-28(24,37-22(25)30)23(31)32-17-16(29)18-20(35-26(33-18)10-6-4-7-11-26)21-19(17)34-27(36-21)12-8-5-9-13-27/h16-21,29H,4-15H2,1-3H3/t16-,17-,18+,19-,20-,21-,25+,28+/m0/s1. The van der Waals surface area contributed by atoms with Crippen molar-refractivity contribution in [2.75, 3.05) is 0 Å². The predicted molar refractivity (Wildman–Crippen MR) is 127 cm³/mol. The molecule has 0 aromatic heterocycles. The lowest BCUT2D eigenvalue weighted by Crippen LogP contribution is -2.64. The van der Waals surface area contributed by atoms with Crippen LogP contribution in [0.15, 0.2) is 0 Å². The van der Waals surface area contributed by atoms with Crippen molar-refractivity contribution in [1.82, 2.24) is 0 Å². The van der Waals surface area contributed by atoms with Crippen LogP contribution in [0.5, 0.6) is 0 Å². The van der Waals surface area contributed by atoms with Crippen LogP contribution in [0.25, 0.3) is 0 Å². The highest BCUT2D eigenvalue weighted by Crippen LogP contribution is 2.66. The fraction of sp³-hybridized carbons (Fsp3) is 0.929. The number of aliphatic hydroxyl groups excluding tert-OH is 1. The maximum Gasteiger partial charge on any atom is 0.351 e. The Labute approximate surface area is 217 Å². The Morgan fingerprint density at radius 1 is 0.757 bits per heavy atom. The number of hydrogen-bond acceptors (Lipinski definition) is 9. The van der Waals surface area contributed by atoms with Crippen molar-refractivity contribution in [1.29, 1.82) is 0 Å². The van der Waals surface area contributed by atoms with Crippen LogP contribution in [-0.2, 0) is 38.0 Å². The van der Waals surface area contributed by atoms with Gasteiger partial charge in [0, 0.05) is 31.1 Å². The van der Waals surface area contributed by atoms with Gasteiger partial charge >= 0.3 is 11.9 Å². The molecule has 3 heterocycles. The molecule has 7 rings (SSSR count). The third kappa shape index (κ3) is 3.15. The molecule has 3 aliphatic heterocycles. The Kier molecular flexibility index (Phi) is 5.29. The zero-order chi connectivity index (χ0) is 25.8. The van der Waals surface area contributed by atoms with Crippen LogP contribution in [0.1, 0.15) is 97.8 Å². The van der Waals surface area contributed by atoms with E-state index in [9.17, 15) is 14.7 Å². The number of carbonyl (C=O) groups is 2. The molecule has 4 aliphatic carbocycles. The minimum atomic E-state index is -1.38. The molecule has 2 spiro atoms. The van der Waals surface area contributed by atoms with Crippen molar-refractivity contribution in [3.8, 4) is 0 Å². The average molecular weight is 521 g/mol. The van der Waals surface area contributed by atoms with Crippen molar-refractivity contribution >= 4 is 11.9 Å². The minimum absolute atomic E-state index is 0.365. The summed E-state index contributed by atoms with van der Waals surface area (Å²) in [5.74, 6) is -2.48. The molecule has 2 bridgehead atoms. The number of ether oxygens (including phenoxy) is 6. The Balaban J connectivity index is 1.21. The summed E-state index contributed by atoms with van der Waals surface area (Å²) in [5, 5.41) is 11.7. The summed E-state index contributed by atoms with van der Waals surface area (Å²) in [4.78, 5) is 26.7. The number of fused-ring (bicyclic) bond motifs is 5. The van der Waals surface area contributed by atoms with Crippen molar-refractivity contribution in [3.63, 3.8) is 0 Å². The van der Waals surface area contributed by atoms with Gasteiger partial charge in [0.05, 0.1) is 5.41 Å². The Bertz CT molecular complexity index is 982. The number of esters is 2. The van der Waals surface area contributed by atoms with Gasteiger partial charge in [-0.3, -0.25) is 4.79 Å². The zero-order valence-electron chi connectivity index (χ0n) is 22.2. The van der Waals surface area contributed by atoms with Crippen LogP contribution < -0.4 is 0 Å². The number of hydrogen-bond donors (Lipinski definition) is 1. The number of aliphatic hydroxyl groups is 1. The van der Waals surface area contributed by atoms with E-state index in [4.69, 9.17) is 28.4 Å². The van der Waals surface area contributed by atoms with E-state index in [1.165, 1.54) is 0 Å². The molecule has 9 nitrogen and oxygen atoms in total. The molecule has 0 aromatic carbocycles. The van der Waals surface area contributed by atoms with E-state index in [0.29, 0.717) is 12.8 Å². The first-order chi connectivity index (χ1) is 17.6. The maximum atomic E-state index is 13.9. The summed E-state index contributed by atoms with van der Waals surface area (Å²) in [7, 11) is 0. The molecule has 0 unspecified atom stereocenters. The summed E-state index contributed by atoms with van der Waals surface area (Å²) in [6.07, 6.45) is 5.71. The summed E-state index contributed by atoms with van der Waals surface area (Å²) < 4.78 is 38.2. The summed E-state index contributed by atoms with van der Waals surface area (Å²) >= 11 is 0. The van der Waals surface area contributed by atoms with E-state index in [1.807, 2.05) is 20.8 Å². The van der Waals surface area contributed by atoms with Crippen LogP contribution in [0.4, 0.5) is 0 Å². The van der Waals surface area contributed by atoms with E-state index in [1.54, 1.807) is 0 Å². The molecule has 7 fully saturated rings. The second-order valence-corrected chi connectivity index (χ2v) is 13.3. The molecule has 3 saturated heterocycles. The first kappa shape index (κ1) is 24.8. The van der Waals surface area contributed by atoms with Gasteiger partial charge in [-0.05, 0) is 45.4 Å². The highest BCUT2D eigenvalue weighted by molar-refractivity contribution is 5.93. The second kappa shape index (κ2) is 7.90. The zero-order valence-corrected chi connectivity index (χ0v) is 22.2. The average Bonchev–Trinajstić information content (AvgIpc) is 3.52. The second-order valence-electron chi connectivity index (χ2n) is 13.3. The first-order valence-electron chi connectivity index (χ1n) is 14.4. The van der Waals surface area contributed by atoms with E-state index in [-0.39, 0.29) is 5.97 Å². The summed E-state index contributed by atoms with van der Waals surface area (Å²) in [6.45, 7) is 5.66. The van der Waals surface area contributed by atoms with E-state index in [0.717, 1.165) is 64.2 Å². The smallest absolute Gasteiger partial charge is 0.351 e. The largest absolute Gasteiger partial charge is 0.454 e. The molecular weight excluding hydrogens is 480 g/mol. The number of rotatable bonds is 2. The Hall–Kier alpha value is -1.26. The van der Waals surface area contributed by atoms with E-state index >= 15 is 0 Å². The predicted octanol–water partition coefficient (Wildman–Crippen LogP) is 3.28. The fourth-order valence-corrected chi connectivity index (χ4v) is 8.43. The third-order valence-corrected chi connectivity index (χ3v) is 11.3. The Morgan fingerprint density at radius 3 is 1.78 bits per heavy atom. The Morgan fingerprint density at radius 2 is 1.27 bits per heavy atom. The SMILES string of the molecule is CC1(C)[C@]2(C)CC[C@]1(C(=O)O[C@H]1[C@H](O)[C@H]3OC4(CCCCC4)O[C@@H]3[C@H]3OC4(CCCCC4)O[C@H]31)OC2=O. The molecule has 4 saturated carbocycles. The molecule has 1 N–H and O–H groups in total. The van der Waals surface area contributed by atoms with Gasteiger partial charge in [-0.15, -0.1) is 0 Å². The normalized spacial score (nSPS) is 48.6. The lowest BCUT2D eigenvalue weighted by Gasteiger charge is -2.42. The number of carbonyl (C=O) groups excluding carboxylic acids is 2. The van der Waals surface area contributed by atoms with Gasteiger partial charge in [0.2, 0.25) is 5.60 Å². The molecular formula is C28H40O9. The lowest BCUT2D eigenvalue weighted by atomic mass is 9.66. The molecule has 0 aromatic rings. The quantitative estimate of drug-likeness (QED) is 0.549. The molecule has 0 radical (unpaired) electrons. The minimum Gasteiger partial charge on any atom is -0.454 e. The van der Waals surface area contributed by atoms with Crippen molar-refractivity contribution in [2.24, 2.45) is 10.8 Å². The van der Waals surface area contributed by atoms with Gasteiger partial charge in [0.25, 0.3) is 0 Å². The van der Waals surface area contributed by atoms with Crippen molar-refractivity contribution < 1.29 is 43.1 Å². The highest BCUT2D eigenvalue weighted by Gasteiger charge is 2.77. The van der Waals surface area contributed by atoms with Gasteiger partial charge in [-0.25, -0.2) is 4.79 Å². The van der Waals surface area contributed by atoms with Gasteiger partial charge in [-0.1, -0.05) is 26.7 Å². The van der Waals surface area contributed by atoms with Crippen LogP contribution in [0.3, 0.4) is 0 Å². The first-order valence-corrected chi connectivity index (χ1v) is 14.4. The highest BCUT2D eigenvalue weighted by atomic mass is 16.8. The van der Waals surface area contributed by atoms with Gasteiger partial charge < -0.3 is 33.5 Å². The molecule has 37 heavy (non-hydrogen) atoms. The van der Waals surface area contributed by atoms with E-state index in [2.05, 4.69) is 0 Å². The van der Waals surface area contributed by atoms with Gasteiger partial charge in [0.1, 0.15) is 30.5 Å².